The van der Waals surface area contributed by atoms with Crippen LogP contribution in [0.2, 0.25) is 0 Å². The van der Waals surface area contributed by atoms with Gasteiger partial charge in [-0.2, -0.15) is 4.98 Å². The SMILES string of the molecule is CCCC(CN)c1nc(-c2cc(Br)cs2)no1. The Labute approximate surface area is 112 Å². The lowest BCUT2D eigenvalue weighted by Gasteiger charge is -2.06. The highest BCUT2D eigenvalue weighted by molar-refractivity contribution is 9.10. The molecule has 0 fully saturated rings. The molecule has 4 nitrogen and oxygen atoms in total. The van der Waals surface area contributed by atoms with Crippen LogP contribution >= 0.6 is 27.3 Å². The molecule has 17 heavy (non-hydrogen) atoms. The smallest absolute Gasteiger partial charge is 0.231 e. The van der Waals surface area contributed by atoms with E-state index in [2.05, 4.69) is 33.0 Å². The van der Waals surface area contributed by atoms with Gasteiger partial charge in [0.1, 0.15) is 0 Å². The summed E-state index contributed by atoms with van der Waals surface area (Å²) in [5, 5.41) is 6.00. The molecule has 2 heterocycles. The first-order chi connectivity index (χ1) is 8.24. The van der Waals surface area contributed by atoms with Crippen molar-refractivity contribution < 1.29 is 4.52 Å². The van der Waals surface area contributed by atoms with Gasteiger partial charge in [0, 0.05) is 16.4 Å². The van der Waals surface area contributed by atoms with E-state index in [1.54, 1.807) is 11.3 Å². The van der Waals surface area contributed by atoms with Gasteiger partial charge < -0.3 is 10.3 Å². The lowest BCUT2D eigenvalue weighted by molar-refractivity contribution is 0.347. The molecule has 92 valence electrons. The van der Waals surface area contributed by atoms with Gasteiger partial charge in [0.25, 0.3) is 0 Å². The molecule has 0 bridgehead atoms. The third kappa shape index (κ3) is 2.94. The first kappa shape index (κ1) is 12.7. The van der Waals surface area contributed by atoms with Gasteiger partial charge in [0.05, 0.1) is 10.8 Å². The maximum Gasteiger partial charge on any atom is 0.231 e. The maximum atomic E-state index is 5.71. The second kappa shape index (κ2) is 5.75. The first-order valence-electron chi connectivity index (χ1n) is 5.52. The molecule has 0 aromatic carbocycles. The van der Waals surface area contributed by atoms with Gasteiger partial charge in [-0.1, -0.05) is 18.5 Å². The number of aromatic nitrogens is 2. The Kier molecular flexibility index (Phi) is 4.31. The molecule has 0 radical (unpaired) electrons. The predicted molar refractivity (Wildman–Crippen MR) is 72.0 cm³/mol. The summed E-state index contributed by atoms with van der Waals surface area (Å²) in [5.41, 5.74) is 5.71. The van der Waals surface area contributed by atoms with E-state index in [0.29, 0.717) is 18.3 Å². The Hall–Kier alpha value is -0.720. The zero-order valence-corrected chi connectivity index (χ0v) is 11.9. The fourth-order valence-electron chi connectivity index (χ4n) is 1.62. The second-order valence-corrected chi connectivity index (χ2v) is 5.63. The molecule has 0 saturated heterocycles. The molecule has 0 spiro atoms. The van der Waals surface area contributed by atoms with E-state index in [0.717, 1.165) is 22.2 Å². The minimum absolute atomic E-state index is 0.171. The van der Waals surface area contributed by atoms with Crippen LogP contribution in [0.5, 0.6) is 0 Å². The molecule has 1 atom stereocenters. The van der Waals surface area contributed by atoms with Crippen molar-refractivity contribution in [2.75, 3.05) is 6.54 Å². The number of rotatable bonds is 5. The van der Waals surface area contributed by atoms with Crippen LogP contribution in [-0.4, -0.2) is 16.7 Å². The van der Waals surface area contributed by atoms with Crippen LogP contribution in [0.15, 0.2) is 20.4 Å². The minimum atomic E-state index is 0.171. The van der Waals surface area contributed by atoms with Gasteiger partial charge in [-0.25, -0.2) is 0 Å². The Bertz CT molecular complexity index is 483. The molecule has 2 aromatic rings. The van der Waals surface area contributed by atoms with Crippen molar-refractivity contribution in [2.24, 2.45) is 5.73 Å². The van der Waals surface area contributed by atoms with Gasteiger partial charge in [-0.15, -0.1) is 11.3 Å². The molecular weight excluding hydrogens is 302 g/mol. The third-order valence-corrected chi connectivity index (χ3v) is 4.19. The highest BCUT2D eigenvalue weighted by Gasteiger charge is 2.18. The molecular formula is C11H14BrN3OS. The lowest BCUT2D eigenvalue weighted by Crippen LogP contribution is -2.12. The highest BCUT2D eigenvalue weighted by atomic mass is 79.9. The van der Waals surface area contributed by atoms with Crippen LogP contribution in [0.4, 0.5) is 0 Å². The van der Waals surface area contributed by atoms with Gasteiger partial charge in [0.2, 0.25) is 11.7 Å². The zero-order valence-electron chi connectivity index (χ0n) is 9.52. The molecule has 0 saturated carbocycles. The predicted octanol–water partition coefficient (Wildman–Crippen LogP) is 3.40. The minimum Gasteiger partial charge on any atom is -0.339 e. The molecule has 2 N–H and O–H groups in total. The standard InChI is InChI=1S/C11H14BrN3OS/c1-2-3-7(5-13)11-14-10(15-16-11)9-4-8(12)6-17-9/h4,6-7H,2-3,5,13H2,1H3. The quantitative estimate of drug-likeness (QED) is 0.918. The molecule has 2 aromatic heterocycles. The van der Waals surface area contributed by atoms with Crippen LogP contribution in [0.3, 0.4) is 0 Å². The summed E-state index contributed by atoms with van der Waals surface area (Å²) in [6, 6.07) is 1.98. The van der Waals surface area contributed by atoms with E-state index >= 15 is 0 Å². The van der Waals surface area contributed by atoms with Crippen LogP contribution in [0.1, 0.15) is 31.6 Å². The largest absolute Gasteiger partial charge is 0.339 e. The van der Waals surface area contributed by atoms with E-state index in [4.69, 9.17) is 10.3 Å². The summed E-state index contributed by atoms with van der Waals surface area (Å²) in [4.78, 5) is 5.41. The Morgan fingerprint density at radius 3 is 3.00 bits per heavy atom. The summed E-state index contributed by atoms with van der Waals surface area (Å²) in [5.74, 6) is 1.46. The molecule has 0 aliphatic carbocycles. The van der Waals surface area contributed by atoms with Gasteiger partial charge in [-0.05, 0) is 28.4 Å². The van der Waals surface area contributed by atoms with E-state index in [1.165, 1.54) is 0 Å². The molecule has 6 heteroatoms. The number of thiophene rings is 1. The Morgan fingerprint density at radius 2 is 2.41 bits per heavy atom. The maximum absolute atomic E-state index is 5.71. The summed E-state index contributed by atoms with van der Waals surface area (Å²) < 4.78 is 6.32. The zero-order chi connectivity index (χ0) is 12.3. The van der Waals surface area contributed by atoms with Gasteiger partial charge in [0.15, 0.2) is 0 Å². The summed E-state index contributed by atoms with van der Waals surface area (Å²) in [6.45, 7) is 2.67. The first-order valence-corrected chi connectivity index (χ1v) is 7.20. The van der Waals surface area contributed by atoms with E-state index in [-0.39, 0.29) is 5.92 Å². The summed E-state index contributed by atoms with van der Waals surface area (Å²) in [7, 11) is 0. The van der Waals surface area contributed by atoms with E-state index in [9.17, 15) is 0 Å². The Morgan fingerprint density at radius 1 is 1.59 bits per heavy atom. The van der Waals surface area contributed by atoms with Crippen molar-refractivity contribution in [1.29, 1.82) is 0 Å². The number of hydrogen-bond acceptors (Lipinski definition) is 5. The van der Waals surface area contributed by atoms with Crippen molar-refractivity contribution in [3.05, 3.63) is 21.8 Å². The summed E-state index contributed by atoms with van der Waals surface area (Å²) in [6.07, 6.45) is 2.04. The van der Waals surface area contributed by atoms with E-state index < -0.39 is 0 Å². The van der Waals surface area contributed by atoms with Gasteiger partial charge in [-0.3, -0.25) is 0 Å². The van der Waals surface area contributed by atoms with Crippen LogP contribution in [0.25, 0.3) is 10.7 Å². The normalized spacial score (nSPS) is 12.9. The average Bonchev–Trinajstić information content (AvgIpc) is 2.94. The number of hydrogen-bond donors (Lipinski definition) is 1. The van der Waals surface area contributed by atoms with Crippen molar-refractivity contribution in [3.63, 3.8) is 0 Å². The number of nitrogens with zero attached hydrogens (tertiary/aromatic N) is 2. The van der Waals surface area contributed by atoms with Crippen molar-refractivity contribution in [2.45, 2.75) is 25.7 Å². The molecule has 2 rings (SSSR count). The highest BCUT2D eigenvalue weighted by Crippen LogP contribution is 2.29. The fourth-order valence-corrected chi connectivity index (χ4v) is 2.97. The molecule has 0 aliphatic rings. The summed E-state index contributed by atoms with van der Waals surface area (Å²) >= 11 is 4.99. The second-order valence-electron chi connectivity index (χ2n) is 3.81. The number of nitrogens with two attached hydrogens (primary N) is 1. The lowest BCUT2D eigenvalue weighted by atomic mass is 10.0. The molecule has 0 amide bonds. The van der Waals surface area contributed by atoms with E-state index in [1.807, 2.05) is 11.4 Å². The monoisotopic (exact) mass is 315 g/mol. The number of halogens is 1. The molecule has 1 unspecified atom stereocenters. The molecule has 0 aliphatic heterocycles. The fraction of sp³-hybridized carbons (Fsp3) is 0.455. The topological polar surface area (TPSA) is 64.9 Å². The van der Waals surface area contributed by atoms with Crippen molar-refractivity contribution in [3.8, 4) is 10.7 Å². The third-order valence-electron chi connectivity index (χ3n) is 2.50. The van der Waals surface area contributed by atoms with Crippen LogP contribution < -0.4 is 5.73 Å². The van der Waals surface area contributed by atoms with Crippen LogP contribution in [-0.2, 0) is 0 Å². The van der Waals surface area contributed by atoms with Gasteiger partial charge >= 0.3 is 0 Å². The van der Waals surface area contributed by atoms with Crippen LogP contribution in [0, 0.1) is 0 Å². The van der Waals surface area contributed by atoms with Crippen molar-refractivity contribution >= 4 is 27.3 Å². The van der Waals surface area contributed by atoms with Crippen molar-refractivity contribution in [1.82, 2.24) is 10.1 Å². The average molecular weight is 316 g/mol. The Balaban J connectivity index is 2.20.